The molecule has 2 N–H and O–H groups in total. The molecule has 0 bridgehead atoms. The fraction of sp³-hybridized carbons (Fsp3) is 0. The van der Waals surface area contributed by atoms with Crippen molar-refractivity contribution in [3.8, 4) is 0 Å². The van der Waals surface area contributed by atoms with E-state index in [2.05, 4.69) is 4.02 Å². The first-order valence-electron chi connectivity index (χ1n) is 1.18. The first-order chi connectivity index (χ1) is 2.27. The summed E-state index contributed by atoms with van der Waals surface area (Å²) < 4.78 is 2.13. The number of hydrogen-bond donors (Lipinski definition) is 2. The number of rotatable bonds is 0. The molecule has 0 aromatic carbocycles. The zero-order chi connectivity index (χ0) is 4.28. The summed E-state index contributed by atoms with van der Waals surface area (Å²) in [5.41, 5.74) is 0. The molecule has 0 heterocycles. The Kier molecular flexibility index (Phi) is 2.12. The summed E-state index contributed by atoms with van der Waals surface area (Å²) in [7, 11) is 0. The minimum absolute atomic E-state index is 0.235. The van der Waals surface area contributed by atoms with Gasteiger partial charge in [0.25, 0.3) is 0 Å². The SMILES string of the molecule is O=C(O)[NH][GaH2]. The van der Waals surface area contributed by atoms with Crippen molar-refractivity contribution in [3.63, 3.8) is 0 Å². The van der Waals surface area contributed by atoms with E-state index in [1.807, 2.05) is 0 Å². The maximum absolute atomic E-state index is 9.30. The monoisotopic (exact) mass is 131 g/mol. The van der Waals surface area contributed by atoms with Crippen molar-refractivity contribution in [2.45, 2.75) is 0 Å². The van der Waals surface area contributed by atoms with Crippen LogP contribution in [0, 0.1) is 0 Å². The third-order valence-corrected chi connectivity index (χ3v) is 1.11. The fourth-order valence-corrected chi connectivity index (χ4v) is 0. The Balaban J connectivity index is 2.85. The molecule has 4 heteroatoms. The van der Waals surface area contributed by atoms with Gasteiger partial charge in [0.15, 0.2) is 0 Å². The van der Waals surface area contributed by atoms with Crippen LogP contribution in [0.3, 0.4) is 0 Å². The number of nitrogens with one attached hydrogen (secondary N) is 1. The maximum atomic E-state index is 9.30. The van der Waals surface area contributed by atoms with Gasteiger partial charge >= 0.3 is 38.9 Å². The molecule has 3 nitrogen and oxygen atoms in total. The standard InChI is InChI=1S/CH2NO2.Ga.2H/c2-1(3)4;;;/h2H,(H,3,4);;;/q-1;+1;;. The number of carbonyl (C=O) groups is 1. The topological polar surface area (TPSA) is 49.3 Å². The van der Waals surface area contributed by atoms with Crippen molar-refractivity contribution >= 4 is 24.9 Å². The van der Waals surface area contributed by atoms with E-state index in [-0.39, 0.29) is 18.8 Å². The normalized spacial score (nSPS) is 6.40. The van der Waals surface area contributed by atoms with E-state index in [0.717, 1.165) is 0 Å². The summed E-state index contributed by atoms with van der Waals surface area (Å²) in [5.74, 6) is 0. The van der Waals surface area contributed by atoms with Crippen molar-refractivity contribution in [1.82, 2.24) is 4.02 Å². The third-order valence-electron chi connectivity index (χ3n) is 0.214. The summed E-state index contributed by atoms with van der Waals surface area (Å²) in [6.45, 7) is 0. The van der Waals surface area contributed by atoms with E-state index in [1.165, 1.54) is 0 Å². The predicted octanol–water partition coefficient (Wildman–Crippen LogP) is -1.20. The molecule has 0 radical (unpaired) electrons. The van der Waals surface area contributed by atoms with Crippen LogP contribution in [-0.4, -0.2) is 30.0 Å². The van der Waals surface area contributed by atoms with Crippen molar-refractivity contribution in [2.24, 2.45) is 0 Å². The number of carboxylic acid groups (broad SMARTS) is 1. The van der Waals surface area contributed by atoms with Crippen LogP contribution >= 0.6 is 0 Å². The van der Waals surface area contributed by atoms with E-state index in [9.17, 15) is 4.79 Å². The van der Waals surface area contributed by atoms with E-state index in [4.69, 9.17) is 5.11 Å². The minimum atomic E-state index is -0.912. The summed E-state index contributed by atoms with van der Waals surface area (Å²) in [4.78, 5) is 9.30. The quantitative estimate of drug-likeness (QED) is 0.406. The number of amides is 1. The Morgan fingerprint density at radius 2 is 2.20 bits per heavy atom. The second-order valence-electron chi connectivity index (χ2n) is 0.555. The zero-order valence-electron chi connectivity index (χ0n) is 2.86. The molecule has 5 heavy (non-hydrogen) atoms. The first-order valence-corrected chi connectivity index (χ1v) is 3.28. The van der Waals surface area contributed by atoms with Gasteiger partial charge in [-0.25, -0.2) is 0 Å². The van der Waals surface area contributed by atoms with Crippen LogP contribution in [0.25, 0.3) is 0 Å². The van der Waals surface area contributed by atoms with Crippen LogP contribution in [0.4, 0.5) is 4.79 Å². The average molecular weight is 132 g/mol. The first kappa shape index (κ1) is 4.91. The van der Waals surface area contributed by atoms with Gasteiger partial charge in [-0.3, -0.25) is 0 Å². The molecule has 1 amide bonds. The van der Waals surface area contributed by atoms with Crippen LogP contribution < -0.4 is 4.02 Å². The van der Waals surface area contributed by atoms with Crippen molar-refractivity contribution in [2.75, 3.05) is 0 Å². The second kappa shape index (κ2) is 2.16. The third kappa shape index (κ3) is 3.91. The van der Waals surface area contributed by atoms with Crippen LogP contribution in [-0.2, 0) is 0 Å². The molecule has 0 saturated heterocycles. The van der Waals surface area contributed by atoms with Crippen LogP contribution in [0.15, 0.2) is 0 Å². The molecule has 0 spiro atoms. The summed E-state index contributed by atoms with van der Waals surface area (Å²) in [6.07, 6.45) is -0.912. The average Bonchev–Trinajstić information content (AvgIpc) is 1.38. The van der Waals surface area contributed by atoms with Crippen molar-refractivity contribution in [1.29, 1.82) is 0 Å². The Labute approximate surface area is 39.6 Å². The Morgan fingerprint density at radius 3 is 2.20 bits per heavy atom. The Hall–Kier alpha value is -0.0936. The van der Waals surface area contributed by atoms with Gasteiger partial charge in [-0.05, 0) is 0 Å². The molecule has 0 aliphatic heterocycles. The van der Waals surface area contributed by atoms with Gasteiger partial charge in [0.1, 0.15) is 0 Å². The molecular weight excluding hydrogens is 128 g/mol. The summed E-state index contributed by atoms with van der Waals surface area (Å²) >= 11 is 0.235. The summed E-state index contributed by atoms with van der Waals surface area (Å²) in [6, 6.07) is 0. The van der Waals surface area contributed by atoms with Crippen LogP contribution in [0.1, 0.15) is 0 Å². The van der Waals surface area contributed by atoms with Crippen LogP contribution in [0.5, 0.6) is 0 Å². The van der Waals surface area contributed by atoms with Gasteiger partial charge in [-0.1, -0.05) is 0 Å². The molecule has 0 aliphatic rings. The van der Waals surface area contributed by atoms with Gasteiger partial charge in [-0.15, -0.1) is 0 Å². The molecule has 0 aromatic rings. The van der Waals surface area contributed by atoms with E-state index in [1.54, 1.807) is 0 Å². The predicted molar refractivity (Wildman–Crippen MR) is 19.7 cm³/mol. The fourth-order valence-electron chi connectivity index (χ4n) is 0. The Bertz CT molecular complexity index is 44.9. The van der Waals surface area contributed by atoms with E-state index < -0.39 is 6.09 Å². The van der Waals surface area contributed by atoms with E-state index in [0.29, 0.717) is 0 Å². The zero-order valence-corrected chi connectivity index (χ0v) is 7.05. The second-order valence-corrected chi connectivity index (χ2v) is 1.60. The van der Waals surface area contributed by atoms with Crippen molar-refractivity contribution < 1.29 is 9.90 Å². The van der Waals surface area contributed by atoms with Gasteiger partial charge in [0, 0.05) is 0 Å². The molecule has 0 rings (SSSR count). The molecule has 0 aromatic heterocycles. The van der Waals surface area contributed by atoms with Gasteiger partial charge in [0.2, 0.25) is 0 Å². The molecule has 0 saturated carbocycles. The van der Waals surface area contributed by atoms with Gasteiger partial charge in [-0.2, -0.15) is 0 Å². The van der Waals surface area contributed by atoms with Crippen molar-refractivity contribution in [3.05, 3.63) is 0 Å². The molecule has 0 aliphatic carbocycles. The Morgan fingerprint density at radius 1 is 2.00 bits per heavy atom. The number of hydrogen-bond acceptors (Lipinski definition) is 1. The molecule has 28 valence electrons. The molecular formula is CH4GaNO2. The molecule has 0 unspecified atom stereocenters. The molecule has 0 fully saturated rings. The van der Waals surface area contributed by atoms with Crippen LogP contribution in [0.2, 0.25) is 0 Å². The van der Waals surface area contributed by atoms with Gasteiger partial charge < -0.3 is 0 Å². The summed E-state index contributed by atoms with van der Waals surface area (Å²) in [5, 5.41) is 7.66. The van der Waals surface area contributed by atoms with Gasteiger partial charge in [0.05, 0.1) is 0 Å². The van der Waals surface area contributed by atoms with E-state index >= 15 is 0 Å². The molecule has 0 atom stereocenters.